The SMILES string of the molecule is Cc1c(F)cc2nn(C(c3ccccc3)(c3ccccc3)c3ccccc3)cc2c1-c1c(C2CC2)cc2c(N3C[C@@H]4C[C@H]3CN4C(=O)OC(C)(C)C)nc(O[C@@H](C)C(C)C)nc2c1O. The molecule has 2 bridgehead atoms. The molecule has 1 aliphatic carbocycles. The van der Waals surface area contributed by atoms with Gasteiger partial charge in [0.25, 0.3) is 0 Å². The van der Waals surface area contributed by atoms with Gasteiger partial charge in [-0.2, -0.15) is 15.1 Å². The topological polar surface area (TPSA) is 106 Å². The van der Waals surface area contributed by atoms with Gasteiger partial charge in [0, 0.05) is 47.3 Å². The molecule has 64 heavy (non-hydrogen) atoms. The van der Waals surface area contributed by atoms with E-state index in [1.165, 1.54) is 6.07 Å². The van der Waals surface area contributed by atoms with Crippen molar-refractivity contribution in [2.24, 2.45) is 5.92 Å². The number of benzene rings is 5. The number of carbonyl (C=O) groups excluding carboxylic acids is 1. The number of amides is 1. The van der Waals surface area contributed by atoms with Gasteiger partial charge >= 0.3 is 12.1 Å². The van der Waals surface area contributed by atoms with E-state index >= 15 is 4.39 Å². The van der Waals surface area contributed by atoms with Crippen LogP contribution in [0.1, 0.15) is 94.5 Å². The largest absolute Gasteiger partial charge is 0.505 e. The average molecular weight is 859 g/mol. The lowest BCUT2D eigenvalue weighted by molar-refractivity contribution is 0.0214. The van der Waals surface area contributed by atoms with Crippen LogP contribution in [0, 0.1) is 18.7 Å². The van der Waals surface area contributed by atoms with Crippen LogP contribution in [0.15, 0.2) is 109 Å². The number of piperazine rings is 1. The Morgan fingerprint density at radius 3 is 1.95 bits per heavy atom. The van der Waals surface area contributed by atoms with Crippen LogP contribution in [-0.4, -0.2) is 72.7 Å². The molecule has 2 saturated heterocycles. The highest BCUT2D eigenvalue weighted by Gasteiger charge is 2.48. The minimum atomic E-state index is -0.940. The molecule has 5 aromatic carbocycles. The van der Waals surface area contributed by atoms with Gasteiger partial charge in [0.2, 0.25) is 0 Å². The van der Waals surface area contributed by atoms with Gasteiger partial charge in [0.05, 0.1) is 17.6 Å². The van der Waals surface area contributed by atoms with Crippen LogP contribution >= 0.6 is 0 Å². The highest BCUT2D eigenvalue weighted by atomic mass is 19.1. The van der Waals surface area contributed by atoms with E-state index in [-0.39, 0.29) is 47.9 Å². The molecule has 0 radical (unpaired) electrons. The van der Waals surface area contributed by atoms with Crippen LogP contribution < -0.4 is 9.64 Å². The van der Waals surface area contributed by atoms with Crippen LogP contribution in [0.5, 0.6) is 11.8 Å². The molecule has 1 saturated carbocycles. The first kappa shape index (κ1) is 41.5. The first-order chi connectivity index (χ1) is 30.7. The van der Waals surface area contributed by atoms with Crippen molar-refractivity contribution in [1.29, 1.82) is 0 Å². The highest BCUT2D eigenvalue weighted by Crippen LogP contribution is 2.54. The van der Waals surface area contributed by atoms with E-state index in [1.54, 1.807) is 6.92 Å². The summed E-state index contributed by atoms with van der Waals surface area (Å²) in [6.07, 6.45) is 4.11. The zero-order valence-electron chi connectivity index (χ0n) is 37.5. The minimum absolute atomic E-state index is 0.0211. The molecule has 4 heterocycles. The average Bonchev–Trinajstić information content (AvgIpc) is 3.72. The summed E-state index contributed by atoms with van der Waals surface area (Å²) in [4.78, 5) is 27.4. The number of hydrogen-bond donors (Lipinski definition) is 1. The third-order valence-electron chi connectivity index (χ3n) is 13.5. The summed E-state index contributed by atoms with van der Waals surface area (Å²) in [6, 6.07) is 34.6. The lowest BCUT2D eigenvalue weighted by atomic mass is 9.77. The van der Waals surface area contributed by atoms with Gasteiger partial charge in [-0.3, -0.25) is 4.68 Å². The normalized spacial score (nSPS) is 18.1. The fraction of sp³-hybridized carbons (Fsp3) is 0.358. The maximum Gasteiger partial charge on any atom is 0.410 e. The number of rotatable bonds is 10. The predicted octanol–water partition coefficient (Wildman–Crippen LogP) is 11.1. The Hall–Kier alpha value is -6.49. The fourth-order valence-corrected chi connectivity index (χ4v) is 9.92. The van der Waals surface area contributed by atoms with Gasteiger partial charge in [-0.25, -0.2) is 9.18 Å². The molecule has 3 fully saturated rings. The smallest absolute Gasteiger partial charge is 0.410 e. The molecule has 1 amide bonds. The maximum atomic E-state index is 16.7. The number of phenols is 1. The zero-order valence-corrected chi connectivity index (χ0v) is 37.5. The van der Waals surface area contributed by atoms with Gasteiger partial charge < -0.3 is 24.4 Å². The van der Waals surface area contributed by atoms with Crippen molar-refractivity contribution in [3.63, 3.8) is 0 Å². The van der Waals surface area contributed by atoms with E-state index in [1.807, 2.05) is 98.1 Å². The third-order valence-corrected chi connectivity index (χ3v) is 13.5. The van der Waals surface area contributed by atoms with E-state index < -0.39 is 17.0 Å². The number of aromatic hydroxyl groups is 1. The molecule has 3 atom stereocenters. The van der Waals surface area contributed by atoms with Crippen LogP contribution in [0.3, 0.4) is 0 Å². The molecule has 1 N–H and O–H groups in total. The number of phenolic OH excluding ortho intramolecular Hbond substituents is 1. The standard InChI is InChI=1S/C53H55FN6O4/c1-31(2)33(4)63-50-55-47-41(49(56-50)58-28-39-25-38(58)29-59(39)51(62)64-52(5,6)7)26-40(34-23-24-34)46(48(47)61)45-32(3)43(54)27-44-42(45)30-60(57-44)53(35-17-11-8-12-18-35,36-19-13-9-14-20-36)37-21-15-10-16-22-37/h8-22,26-27,30-31,33-34,38-39,61H,23-25,28-29H2,1-7H3/t33-,38-,39-/m0/s1. The first-order valence-corrected chi connectivity index (χ1v) is 22.6. The Bertz CT molecular complexity index is 2800. The zero-order chi connectivity index (χ0) is 44.7. The van der Waals surface area contributed by atoms with E-state index in [4.69, 9.17) is 24.5 Å². The van der Waals surface area contributed by atoms with Crippen molar-refractivity contribution >= 4 is 33.7 Å². The molecule has 0 spiro atoms. The molecule has 0 unspecified atom stereocenters. The number of ether oxygens (including phenoxy) is 2. The van der Waals surface area contributed by atoms with Gasteiger partial charge in [-0.15, -0.1) is 0 Å². The molecule has 2 aliphatic heterocycles. The van der Waals surface area contributed by atoms with Crippen molar-refractivity contribution in [2.45, 2.75) is 103 Å². The molecular weight excluding hydrogens is 804 g/mol. The molecule has 7 aromatic rings. The second kappa shape index (κ2) is 15.6. The summed E-state index contributed by atoms with van der Waals surface area (Å²) in [5.41, 5.74) is 4.68. The number of nitrogens with zero attached hydrogens (tertiary/aromatic N) is 6. The first-order valence-electron chi connectivity index (χ1n) is 22.6. The quantitative estimate of drug-likeness (QED) is 0.136. The van der Waals surface area contributed by atoms with E-state index in [9.17, 15) is 9.90 Å². The third kappa shape index (κ3) is 7.00. The van der Waals surface area contributed by atoms with Gasteiger partial charge in [0.15, 0.2) is 0 Å². The maximum absolute atomic E-state index is 16.7. The summed E-state index contributed by atoms with van der Waals surface area (Å²) in [7, 11) is 0. The van der Waals surface area contributed by atoms with Gasteiger partial charge in [-0.05, 0) is 99.6 Å². The highest BCUT2D eigenvalue weighted by molar-refractivity contribution is 6.06. The fourth-order valence-electron chi connectivity index (χ4n) is 9.92. The Morgan fingerprint density at radius 2 is 1.42 bits per heavy atom. The summed E-state index contributed by atoms with van der Waals surface area (Å²) in [6.45, 7) is 14.6. The monoisotopic (exact) mass is 858 g/mol. The second-order valence-electron chi connectivity index (χ2n) is 19.3. The number of fused-ring (bicyclic) bond motifs is 4. The number of anilines is 1. The predicted molar refractivity (Wildman–Crippen MR) is 249 cm³/mol. The molecule has 3 aliphatic rings. The number of likely N-dealkylation sites (tertiary alicyclic amines) is 1. The lowest BCUT2D eigenvalue weighted by Crippen LogP contribution is -2.50. The Kier molecular flexibility index (Phi) is 10.1. The number of hydrogen-bond acceptors (Lipinski definition) is 8. The summed E-state index contributed by atoms with van der Waals surface area (Å²) in [5.74, 6) is 0.498. The van der Waals surface area contributed by atoms with Crippen LogP contribution in [0.2, 0.25) is 0 Å². The van der Waals surface area contributed by atoms with Crippen LogP contribution in [0.4, 0.5) is 15.0 Å². The van der Waals surface area contributed by atoms with Gasteiger partial charge in [-0.1, -0.05) is 105 Å². The Morgan fingerprint density at radius 1 is 0.812 bits per heavy atom. The number of carbonyl (C=O) groups is 1. The molecule has 328 valence electrons. The van der Waals surface area contributed by atoms with Gasteiger partial charge in [0.1, 0.15) is 40.1 Å². The molecular formula is C53H55FN6O4. The Balaban J connectivity index is 1.19. The lowest BCUT2D eigenvalue weighted by Gasteiger charge is -2.36. The van der Waals surface area contributed by atoms with Crippen molar-refractivity contribution in [2.75, 3.05) is 18.0 Å². The van der Waals surface area contributed by atoms with E-state index in [2.05, 4.69) is 61.2 Å². The van der Waals surface area contributed by atoms with E-state index in [0.717, 1.165) is 41.5 Å². The number of halogens is 1. The van der Waals surface area contributed by atoms with Crippen molar-refractivity contribution < 1.29 is 23.8 Å². The second-order valence-corrected chi connectivity index (χ2v) is 19.3. The van der Waals surface area contributed by atoms with Crippen LogP contribution in [0.25, 0.3) is 32.9 Å². The van der Waals surface area contributed by atoms with Crippen molar-refractivity contribution in [1.82, 2.24) is 24.6 Å². The van der Waals surface area contributed by atoms with Crippen molar-refractivity contribution in [3.05, 3.63) is 143 Å². The molecule has 10 nitrogen and oxygen atoms in total. The number of aromatic nitrogens is 4. The summed E-state index contributed by atoms with van der Waals surface area (Å²) >= 11 is 0. The summed E-state index contributed by atoms with van der Waals surface area (Å²) < 4.78 is 30.8. The molecule has 11 heteroatoms. The molecule has 10 rings (SSSR count). The van der Waals surface area contributed by atoms with Crippen LogP contribution in [-0.2, 0) is 10.3 Å². The van der Waals surface area contributed by atoms with Crippen molar-refractivity contribution in [3.8, 4) is 22.9 Å². The Labute approximate surface area is 373 Å². The summed E-state index contributed by atoms with van der Waals surface area (Å²) in [5, 5.41) is 19.6. The van der Waals surface area contributed by atoms with E-state index in [0.29, 0.717) is 57.4 Å². The molecule has 2 aromatic heterocycles. The minimum Gasteiger partial charge on any atom is -0.505 e.